The van der Waals surface area contributed by atoms with Crippen molar-refractivity contribution in [2.75, 3.05) is 26.2 Å². The zero-order valence-corrected chi connectivity index (χ0v) is 22.9. The van der Waals surface area contributed by atoms with Crippen molar-refractivity contribution in [2.24, 2.45) is 0 Å². The van der Waals surface area contributed by atoms with Gasteiger partial charge in [0, 0.05) is 17.6 Å². The molecular formula is C30H34ClN5O3. The fourth-order valence-electron chi connectivity index (χ4n) is 5.43. The van der Waals surface area contributed by atoms with Gasteiger partial charge in [-0.25, -0.2) is 0 Å². The molecule has 3 amide bonds. The summed E-state index contributed by atoms with van der Waals surface area (Å²) in [6.07, 6.45) is 4.90. The van der Waals surface area contributed by atoms with Crippen LogP contribution < -0.4 is 21.3 Å². The first-order chi connectivity index (χ1) is 18.9. The van der Waals surface area contributed by atoms with Crippen molar-refractivity contribution in [1.82, 2.24) is 26.2 Å². The van der Waals surface area contributed by atoms with E-state index in [2.05, 4.69) is 33.1 Å². The number of nitrogens with one attached hydrogen (secondary N) is 4. The number of halogens is 1. The highest BCUT2D eigenvalue weighted by Crippen LogP contribution is 2.37. The molecule has 0 aromatic heterocycles. The summed E-state index contributed by atoms with van der Waals surface area (Å²) in [4.78, 5) is 40.7. The van der Waals surface area contributed by atoms with Crippen LogP contribution in [-0.4, -0.2) is 54.8 Å². The lowest BCUT2D eigenvalue weighted by Gasteiger charge is -2.33. The lowest BCUT2D eigenvalue weighted by atomic mass is 10.0. The van der Waals surface area contributed by atoms with Gasteiger partial charge in [-0.2, -0.15) is 0 Å². The van der Waals surface area contributed by atoms with Crippen LogP contribution in [0.1, 0.15) is 49.3 Å². The Balaban J connectivity index is 1.17. The van der Waals surface area contributed by atoms with Gasteiger partial charge in [0.2, 0.25) is 5.91 Å². The van der Waals surface area contributed by atoms with E-state index in [0.29, 0.717) is 51.3 Å². The molecule has 0 radical (unpaired) electrons. The number of likely N-dealkylation sites (tertiary alicyclic amines) is 1. The highest BCUT2D eigenvalue weighted by molar-refractivity contribution is 6.31. The Bertz CT molecular complexity index is 1330. The van der Waals surface area contributed by atoms with E-state index in [4.69, 9.17) is 11.6 Å². The molecule has 5 rings (SSSR count). The summed E-state index contributed by atoms with van der Waals surface area (Å²) in [6, 6.07) is 15.1. The van der Waals surface area contributed by atoms with E-state index >= 15 is 0 Å². The normalized spacial score (nSPS) is 19.3. The Morgan fingerprint density at radius 1 is 1.00 bits per heavy atom. The SMILES string of the molecule is CC1CCCCN1CCCNCC(=O)NCc1cccc(C2=C3C(=O)NC(c4ccc(Cl)cc4)=C3C(=O)N2)c1. The van der Waals surface area contributed by atoms with Crippen LogP contribution in [0.2, 0.25) is 5.02 Å². The summed E-state index contributed by atoms with van der Waals surface area (Å²) in [7, 11) is 0. The van der Waals surface area contributed by atoms with Crippen molar-refractivity contribution < 1.29 is 14.4 Å². The molecule has 0 saturated carbocycles. The number of amides is 3. The molecule has 4 N–H and O–H groups in total. The topological polar surface area (TPSA) is 103 Å². The summed E-state index contributed by atoms with van der Waals surface area (Å²) >= 11 is 6.00. The van der Waals surface area contributed by atoms with Crippen LogP contribution in [0.3, 0.4) is 0 Å². The quantitative estimate of drug-likeness (QED) is 0.342. The van der Waals surface area contributed by atoms with Crippen LogP contribution in [0.4, 0.5) is 0 Å². The van der Waals surface area contributed by atoms with E-state index in [-0.39, 0.29) is 24.3 Å². The molecule has 39 heavy (non-hydrogen) atoms. The Kier molecular flexibility index (Phi) is 8.45. The molecule has 2 aromatic carbocycles. The van der Waals surface area contributed by atoms with Gasteiger partial charge in [0.1, 0.15) is 0 Å². The van der Waals surface area contributed by atoms with Crippen LogP contribution in [0.15, 0.2) is 59.7 Å². The molecule has 1 unspecified atom stereocenters. The fourth-order valence-corrected chi connectivity index (χ4v) is 5.56. The van der Waals surface area contributed by atoms with Gasteiger partial charge in [-0.15, -0.1) is 0 Å². The van der Waals surface area contributed by atoms with Crippen LogP contribution in [0.25, 0.3) is 11.4 Å². The minimum atomic E-state index is -0.331. The lowest BCUT2D eigenvalue weighted by Crippen LogP contribution is -2.39. The van der Waals surface area contributed by atoms with E-state index in [1.54, 1.807) is 24.3 Å². The Labute approximate surface area is 233 Å². The second kappa shape index (κ2) is 12.2. The van der Waals surface area contributed by atoms with Crippen molar-refractivity contribution in [1.29, 1.82) is 0 Å². The predicted octanol–water partition coefficient (Wildman–Crippen LogP) is 3.19. The number of hydrogen-bond donors (Lipinski definition) is 4. The number of carbonyl (C=O) groups is 3. The zero-order chi connectivity index (χ0) is 27.4. The van der Waals surface area contributed by atoms with Gasteiger partial charge in [0.15, 0.2) is 0 Å². The molecule has 3 aliphatic rings. The molecule has 1 saturated heterocycles. The zero-order valence-electron chi connectivity index (χ0n) is 22.1. The molecule has 1 fully saturated rings. The highest BCUT2D eigenvalue weighted by Gasteiger charge is 2.40. The Morgan fingerprint density at radius 2 is 1.72 bits per heavy atom. The second-order valence-electron chi connectivity index (χ2n) is 10.3. The van der Waals surface area contributed by atoms with E-state index in [9.17, 15) is 14.4 Å². The third-order valence-corrected chi connectivity index (χ3v) is 7.80. The minimum absolute atomic E-state index is 0.0732. The summed E-state index contributed by atoms with van der Waals surface area (Å²) in [6.45, 7) is 5.95. The maximum atomic E-state index is 12.9. The van der Waals surface area contributed by atoms with Gasteiger partial charge >= 0.3 is 0 Å². The van der Waals surface area contributed by atoms with Gasteiger partial charge < -0.3 is 26.2 Å². The first-order valence-electron chi connectivity index (χ1n) is 13.6. The number of piperidine rings is 1. The number of benzene rings is 2. The molecule has 2 aromatic rings. The third kappa shape index (κ3) is 6.24. The first kappa shape index (κ1) is 27.1. The lowest BCUT2D eigenvalue weighted by molar-refractivity contribution is -0.120. The van der Waals surface area contributed by atoms with Crippen molar-refractivity contribution in [2.45, 2.75) is 45.2 Å². The number of rotatable bonds is 10. The van der Waals surface area contributed by atoms with E-state index in [0.717, 1.165) is 25.1 Å². The van der Waals surface area contributed by atoms with Gasteiger partial charge in [0.25, 0.3) is 11.8 Å². The Hall–Kier alpha value is -3.46. The van der Waals surface area contributed by atoms with Gasteiger partial charge in [0.05, 0.1) is 29.1 Å². The third-order valence-electron chi connectivity index (χ3n) is 7.54. The van der Waals surface area contributed by atoms with E-state index in [1.165, 1.54) is 25.8 Å². The molecule has 1 atom stereocenters. The molecule has 0 bridgehead atoms. The van der Waals surface area contributed by atoms with Crippen molar-refractivity contribution >= 4 is 40.7 Å². The monoisotopic (exact) mass is 547 g/mol. The maximum absolute atomic E-state index is 12.9. The minimum Gasteiger partial charge on any atom is -0.351 e. The fraction of sp³-hybridized carbons (Fsp3) is 0.367. The van der Waals surface area contributed by atoms with Crippen LogP contribution in [0, 0.1) is 0 Å². The van der Waals surface area contributed by atoms with Crippen LogP contribution in [0.5, 0.6) is 0 Å². The van der Waals surface area contributed by atoms with Gasteiger partial charge in [-0.1, -0.05) is 48.4 Å². The van der Waals surface area contributed by atoms with Crippen molar-refractivity contribution in [3.63, 3.8) is 0 Å². The molecular weight excluding hydrogens is 514 g/mol. The van der Waals surface area contributed by atoms with Crippen LogP contribution >= 0.6 is 11.6 Å². The molecule has 8 nitrogen and oxygen atoms in total. The predicted molar refractivity (Wildman–Crippen MR) is 152 cm³/mol. The maximum Gasteiger partial charge on any atom is 0.258 e. The average Bonchev–Trinajstić information content (AvgIpc) is 3.46. The van der Waals surface area contributed by atoms with Gasteiger partial charge in [-0.3, -0.25) is 14.4 Å². The average molecular weight is 548 g/mol. The number of carbonyl (C=O) groups excluding carboxylic acids is 3. The molecule has 204 valence electrons. The molecule has 3 aliphatic heterocycles. The Morgan fingerprint density at radius 3 is 2.44 bits per heavy atom. The summed E-state index contributed by atoms with van der Waals surface area (Å²) in [5, 5.41) is 12.5. The highest BCUT2D eigenvalue weighted by atomic mass is 35.5. The largest absolute Gasteiger partial charge is 0.351 e. The number of nitrogens with zero attached hydrogens (tertiary/aromatic N) is 1. The first-order valence-corrected chi connectivity index (χ1v) is 14.0. The molecule has 0 spiro atoms. The summed E-state index contributed by atoms with van der Waals surface area (Å²) in [5.41, 5.74) is 3.88. The molecule has 3 heterocycles. The summed E-state index contributed by atoms with van der Waals surface area (Å²) in [5.74, 6) is -0.735. The smallest absolute Gasteiger partial charge is 0.258 e. The van der Waals surface area contributed by atoms with Crippen molar-refractivity contribution in [3.8, 4) is 0 Å². The standard InChI is InChI=1S/C30H34ClN5O3/c1-19-6-2-3-14-36(19)15-5-13-32-18-24(37)33-17-20-7-4-8-22(16-20)28-26-25(29(38)35-28)27(34-30(26)39)21-9-11-23(31)12-10-21/h4,7-12,16,19,32H,2-3,5-6,13-15,17-18H2,1H3,(H,33,37)(H,34,39)(H,35,38). The number of fused-ring (bicyclic) bond motifs is 1. The van der Waals surface area contributed by atoms with Crippen LogP contribution in [-0.2, 0) is 20.9 Å². The number of hydrogen-bond acceptors (Lipinski definition) is 5. The van der Waals surface area contributed by atoms with Crippen molar-refractivity contribution in [3.05, 3.63) is 81.4 Å². The molecule has 9 heteroatoms. The summed E-state index contributed by atoms with van der Waals surface area (Å²) < 4.78 is 0. The van der Waals surface area contributed by atoms with Gasteiger partial charge in [-0.05, 0) is 80.7 Å². The second-order valence-corrected chi connectivity index (χ2v) is 10.7. The van der Waals surface area contributed by atoms with E-state index in [1.807, 2.05) is 24.3 Å². The van der Waals surface area contributed by atoms with E-state index < -0.39 is 0 Å². The molecule has 0 aliphatic carbocycles.